The number of hydrogen-bond donors (Lipinski definition) is 2. The molecule has 218 valence electrons. The number of benzene rings is 2. The third-order valence-electron chi connectivity index (χ3n) is 6.63. The van der Waals surface area contributed by atoms with Crippen LogP contribution in [0, 0.1) is 0 Å². The lowest BCUT2D eigenvalue weighted by Gasteiger charge is -2.41. The van der Waals surface area contributed by atoms with E-state index in [9.17, 15) is 31.2 Å². The molecule has 0 radical (unpaired) electrons. The number of fused-ring (bicyclic) bond motifs is 3. The SMILES string of the molecule is COc1ccc(-n2nc3c(c2NC(=O)CS(C)(=O)=O)C(=O)N[C@@]2(CCOc4cc(OCC(F)(F)F)ccc42)C3)cc1. The fraction of sp³-hybridized carbons (Fsp3) is 0.346. The van der Waals surface area contributed by atoms with Crippen molar-refractivity contribution in [2.24, 2.45) is 0 Å². The first-order valence-corrected chi connectivity index (χ1v) is 14.4. The van der Waals surface area contributed by atoms with Crippen LogP contribution in [0.25, 0.3) is 5.69 Å². The number of nitrogens with one attached hydrogen (secondary N) is 2. The van der Waals surface area contributed by atoms with Crippen LogP contribution >= 0.6 is 0 Å². The third kappa shape index (κ3) is 5.94. The maximum absolute atomic E-state index is 13.6. The highest BCUT2D eigenvalue weighted by atomic mass is 32.2. The minimum absolute atomic E-state index is 0.00523. The number of carbonyl (C=O) groups is 2. The Labute approximate surface area is 232 Å². The Morgan fingerprint density at radius 3 is 2.56 bits per heavy atom. The summed E-state index contributed by atoms with van der Waals surface area (Å²) >= 11 is 0. The first-order chi connectivity index (χ1) is 19.3. The Hall–Kier alpha value is -4.27. The van der Waals surface area contributed by atoms with Gasteiger partial charge in [0.05, 0.1) is 30.6 Å². The topological polar surface area (TPSA) is 138 Å². The van der Waals surface area contributed by atoms with Crippen molar-refractivity contribution >= 4 is 27.5 Å². The van der Waals surface area contributed by atoms with E-state index >= 15 is 0 Å². The number of methoxy groups -OCH3 is 1. The first kappa shape index (κ1) is 28.3. The van der Waals surface area contributed by atoms with E-state index in [2.05, 4.69) is 15.7 Å². The maximum Gasteiger partial charge on any atom is 0.422 e. The van der Waals surface area contributed by atoms with E-state index in [-0.39, 0.29) is 35.9 Å². The average Bonchev–Trinajstić information content (AvgIpc) is 3.24. The molecule has 0 aliphatic carbocycles. The molecule has 1 spiro atoms. The summed E-state index contributed by atoms with van der Waals surface area (Å²) in [6, 6.07) is 10.9. The predicted octanol–water partition coefficient (Wildman–Crippen LogP) is 2.77. The number of halogens is 3. The highest BCUT2D eigenvalue weighted by Gasteiger charge is 2.46. The molecule has 0 fully saturated rings. The molecule has 2 aromatic carbocycles. The second kappa shape index (κ2) is 10.3. The van der Waals surface area contributed by atoms with Gasteiger partial charge in [-0.15, -0.1) is 0 Å². The van der Waals surface area contributed by atoms with Gasteiger partial charge < -0.3 is 24.8 Å². The molecule has 0 bridgehead atoms. The first-order valence-electron chi connectivity index (χ1n) is 12.3. The molecule has 1 atom stereocenters. The van der Waals surface area contributed by atoms with Gasteiger partial charge in [-0.2, -0.15) is 18.3 Å². The lowest BCUT2D eigenvalue weighted by Crippen LogP contribution is -2.53. The summed E-state index contributed by atoms with van der Waals surface area (Å²) in [4.78, 5) is 26.3. The van der Waals surface area contributed by atoms with E-state index in [4.69, 9.17) is 14.2 Å². The van der Waals surface area contributed by atoms with Crippen LogP contribution in [0.15, 0.2) is 42.5 Å². The van der Waals surface area contributed by atoms with Crippen molar-refractivity contribution in [1.82, 2.24) is 15.1 Å². The summed E-state index contributed by atoms with van der Waals surface area (Å²) in [6.45, 7) is -1.31. The Balaban J connectivity index is 1.54. The van der Waals surface area contributed by atoms with Crippen LogP contribution in [0.2, 0.25) is 0 Å². The molecule has 11 nitrogen and oxygen atoms in total. The number of aromatic nitrogens is 2. The number of carbonyl (C=O) groups excluding carboxylic acids is 2. The van der Waals surface area contributed by atoms with E-state index in [0.29, 0.717) is 29.1 Å². The summed E-state index contributed by atoms with van der Waals surface area (Å²) in [5.41, 5.74) is 0.378. The van der Waals surface area contributed by atoms with Crippen molar-refractivity contribution in [1.29, 1.82) is 0 Å². The van der Waals surface area contributed by atoms with Gasteiger partial charge in [-0.3, -0.25) is 9.59 Å². The third-order valence-corrected chi connectivity index (χ3v) is 7.42. The lowest BCUT2D eigenvalue weighted by atomic mass is 9.77. The summed E-state index contributed by atoms with van der Waals surface area (Å²) < 4.78 is 78.4. The van der Waals surface area contributed by atoms with Crippen molar-refractivity contribution in [2.75, 3.05) is 37.6 Å². The van der Waals surface area contributed by atoms with E-state index in [1.807, 2.05) is 0 Å². The number of hydrogen-bond acceptors (Lipinski definition) is 8. The summed E-state index contributed by atoms with van der Waals surface area (Å²) in [6.07, 6.45) is -3.10. The van der Waals surface area contributed by atoms with Gasteiger partial charge in [0.1, 0.15) is 34.4 Å². The van der Waals surface area contributed by atoms with E-state index in [0.717, 1.165) is 6.26 Å². The fourth-order valence-electron chi connectivity index (χ4n) is 4.92. The van der Waals surface area contributed by atoms with Gasteiger partial charge in [0.15, 0.2) is 16.4 Å². The molecule has 2 aliphatic heterocycles. The lowest BCUT2D eigenvalue weighted by molar-refractivity contribution is -0.153. The average molecular weight is 595 g/mol. The summed E-state index contributed by atoms with van der Waals surface area (Å²) in [7, 11) is -2.17. The Morgan fingerprint density at radius 2 is 1.90 bits per heavy atom. The zero-order valence-electron chi connectivity index (χ0n) is 21.9. The predicted molar refractivity (Wildman–Crippen MR) is 139 cm³/mol. The minimum atomic E-state index is -4.51. The van der Waals surface area contributed by atoms with Crippen LogP contribution in [-0.4, -0.2) is 68.5 Å². The van der Waals surface area contributed by atoms with Gasteiger partial charge in [0, 0.05) is 30.7 Å². The standard InChI is InChI=1S/C26H25F3N4O7S/c1-38-16-5-3-15(4-6-16)33-23(30-21(34)13-41(2,36)37)22-19(32-33)12-25(31-24(22)35)9-10-39-20-11-17(7-8-18(20)25)40-14-26(27,28)29/h3-8,11H,9-10,12-14H2,1-2H3,(H,30,34)(H,31,35)/t25-/m0/s1. The number of amides is 2. The molecule has 15 heteroatoms. The summed E-state index contributed by atoms with van der Waals surface area (Å²) in [5.74, 6) is -1.45. The molecule has 0 saturated carbocycles. The van der Waals surface area contributed by atoms with Crippen molar-refractivity contribution in [3.05, 3.63) is 59.3 Å². The Bertz CT molecular complexity index is 1620. The quantitative estimate of drug-likeness (QED) is 0.426. The molecule has 1 aromatic heterocycles. The maximum atomic E-state index is 13.6. The number of sulfone groups is 1. The Kier molecular flexibility index (Phi) is 7.09. The minimum Gasteiger partial charge on any atom is -0.497 e. The number of anilines is 1. The molecule has 41 heavy (non-hydrogen) atoms. The molecule has 0 unspecified atom stereocenters. The molecule has 0 saturated heterocycles. The fourth-order valence-corrected chi connectivity index (χ4v) is 5.47. The molecule has 3 heterocycles. The van der Waals surface area contributed by atoms with E-state index < -0.39 is 45.7 Å². The van der Waals surface area contributed by atoms with Crippen molar-refractivity contribution in [3.63, 3.8) is 0 Å². The van der Waals surface area contributed by atoms with Crippen LogP contribution in [0.3, 0.4) is 0 Å². The Morgan fingerprint density at radius 1 is 1.20 bits per heavy atom. The van der Waals surface area contributed by atoms with Crippen molar-refractivity contribution in [2.45, 2.75) is 24.6 Å². The van der Waals surface area contributed by atoms with E-state index in [1.165, 1.54) is 23.9 Å². The zero-order chi connectivity index (χ0) is 29.6. The van der Waals surface area contributed by atoms with Gasteiger partial charge in [0.25, 0.3) is 5.91 Å². The highest BCUT2D eigenvalue weighted by Crippen LogP contribution is 2.44. The molecular formula is C26H25F3N4O7S. The highest BCUT2D eigenvalue weighted by molar-refractivity contribution is 7.91. The molecule has 5 rings (SSSR count). The van der Waals surface area contributed by atoms with Gasteiger partial charge in [-0.25, -0.2) is 13.1 Å². The van der Waals surface area contributed by atoms with Crippen LogP contribution < -0.4 is 24.8 Å². The van der Waals surface area contributed by atoms with Gasteiger partial charge in [-0.05, 0) is 36.4 Å². The van der Waals surface area contributed by atoms with Crippen molar-refractivity contribution < 1.29 is 45.4 Å². The van der Waals surface area contributed by atoms with Crippen molar-refractivity contribution in [3.8, 4) is 22.9 Å². The number of alkyl halides is 3. The molecule has 2 aliphatic rings. The summed E-state index contributed by atoms with van der Waals surface area (Å²) in [5, 5.41) is 10.1. The van der Waals surface area contributed by atoms with Gasteiger partial charge in [-0.1, -0.05) is 0 Å². The van der Waals surface area contributed by atoms with Crippen LogP contribution in [0.5, 0.6) is 17.2 Å². The molecule has 2 N–H and O–H groups in total. The zero-order valence-corrected chi connectivity index (χ0v) is 22.7. The molecule has 2 amide bonds. The molecular weight excluding hydrogens is 569 g/mol. The van der Waals surface area contributed by atoms with Crippen LogP contribution in [0.4, 0.5) is 19.0 Å². The van der Waals surface area contributed by atoms with Crippen LogP contribution in [0.1, 0.15) is 28.0 Å². The normalized spacial score (nSPS) is 18.1. The second-order valence-corrected chi connectivity index (χ2v) is 11.9. The van der Waals surface area contributed by atoms with Crippen LogP contribution in [-0.2, 0) is 26.6 Å². The molecule has 3 aromatic rings. The monoisotopic (exact) mass is 594 g/mol. The number of ether oxygens (including phenoxy) is 3. The second-order valence-electron chi connectivity index (χ2n) is 9.77. The van der Waals surface area contributed by atoms with Gasteiger partial charge >= 0.3 is 6.18 Å². The van der Waals surface area contributed by atoms with E-state index in [1.54, 1.807) is 30.3 Å². The number of rotatable bonds is 7. The number of nitrogens with zero attached hydrogens (tertiary/aromatic N) is 2. The largest absolute Gasteiger partial charge is 0.497 e. The smallest absolute Gasteiger partial charge is 0.422 e. The van der Waals surface area contributed by atoms with Gasteiger partial charge in [0.2, 0.25) is 5.91 Å².